The van der Waals surface area contributed by atoms with Crippen molar-refractivity contribution in [2.75, 3.05) is 6.61 Å². The fourth-order valence-electron chi connectivity index (χ4n) is 3.74. The second-order valence-electron chi connectivity index (χ2n) is 7.94. The average molecular weight is 428 g/mol. The average Bonchev–Trinajstić information content (AvgIpc) is 3.22. The first-order valence-electron chi connectivity index (χ1n) is 10.8. The lowest BCUT2D eigenvalue weighted by Crippen LogP contribution is -2.52. The van der Waals surface area contributed by atoms with Gasteiger partial charge < -0.3 is 20.7 Å². The van der Waals surface area contributed by atoms with Crippen LogP contribution in [0.15, 0.2) is 36.4 Å². The van der Waals surface area contributed by atoms with Gasteiger partial charge in [-0.1, -0.05) is 49.6 Å². The van der Waals surface area contributed by atoms with E-state index in [9.17, 15) is 19.2 Å². The van der Waals surface area contributed by atoms with Crippen LogP contribution < -0.4 is 16.0 Å². The molecule has 1 aromatic carbocycles. The minimum Gasteiger partial charge on any atom is -0.461 e. The van der Waals surface area contributed by atoms with E-state index in [0.29, 0.717) is 6.42 Å². The molecule has 0 bridgehead atoms. The molecule has 166 valence electrons. The highest BCUT2D eigenvalue weighted by Crippen LogP contribution is 2.17. The zero-order valence-electron chi connectivity index (χ0n) is 17.5. The first-order valence-corrected chi connectivity index (χ1v) is 10.8. The van der Waals surface area contributed by atoms with Crippen LogP contribution >= 0.6 is 0 Å². The topological polar surface area (TPSA) is 114 Å². The van der Waals surface area contributed by atoms with Crippen LogP contribution in [0.5, 0.6) is 0 Å². The summed E-state index contributed by atoms with van der Waals surface area (Å²) in [6.07, 6.45) is 8.68. The monoisotopic (exact) mass is 427 g/mol. The number of carbonyl (C=O) groups is 4. The minimum absolute atomic E-state index is 0.0605. The van der Waals surface area contributed by atoms with Gasteiger partial charge in [0.05, 0.1) is 0 Å². The lowest BCUT2D eigenvalue weighted by atomic mass is 9.95. The van der Waals surface area contributed by atoms with E-state index < -0.39 is 24.0 Å². The van der Waals surface area contributed by atoms with Gasteiger partial charge in [0.2, 0.25) is 17.7 Å². The molecule has 0 aromatic heterocycles. The number of amides is 3. The van der Waals surface area contributed by atoms with Crippen molar-refractivity contribution in [3.8, 4) is 0 Å². The summed E-state index contributed by atoms with van der Waals surface area (Å²) >= 11 is 0. The summed E-state index contributed by atoms with van der Waals surface area (Å²) in [7, 11) is 0. The summed E-state index contributed by atoms with van der Waals surface area (Å²) in [6, 6.07) is 7.65. The van der Waals surface area contributed by atoms with Gasteiger partial charge in [-0.25, -0.2) is 4.79 Å². The molecule has 1 saturated carbocycles. The molecule has 0 spiro atoms. The quantitative estimate of drug-likeness (QED) is 0.429. The van der Waals surface area contributed by atoms with Crippen molar-refractivity contribution in [2.24, 2.45) is 0 Å². The van der Waals surface area contributed by atoms with Crippen molar-refractivity contribution in [1.29, 1.82) is 0 Å². The van der Waals surface area contributed by atoms with Gasteiger partial charge in [-0.15, -0.1) is 0 Å². The second-order valence-corrected chi connectivity index (χ2v) is 7.94. The molecular formula is C23H29N3O5. The fourth-order valence-corrected chi connectivity index (χ4v) is 3.74. The number of hydrogen-bond donors (Lipinski definition) is 3. The van der Waals surface area contributed by atoms with Crippen molar-refractivity contribution in [1.82, 2.24) is 16.0 Å². The van der Waals surface area contributed by atoms with Crippen molar-refractivity contribution < 1.29 is 23.9 Å². The van der Waals surface area contributed by atoms with Crippen molar-refractivity contribution in [3.05, 3.63) is 42.0 Å². The molecule has 1 aromatic rings. The maximum atomic E-state index is 12.8. The highest BCUT2D eigenvalue weighted by molar-refractivity contribution is 5.96. The molecule has 2 atom stereocenters. The maximum absolute atomic E-state index is 12.8. The van der Waals surface area contributed by atoms with E-state index in [1.807, 2.05) is 30.3 Å². The summed E-state index contributed by atoms with van der Waals surface area (Å²) in [5.41, 5.74) is 0.851. The molecule has 1 saturated heterocycles. The summed E-state index contributed by atoms with van der Waals surface area (Å²) < 4.78 is 5.26. The Bertz CT molecular complexity index is 818. The number of nitrogens with one attached hydrogen (secondary N) is 3. The molecule has 1 heterocycles. The highest BCUT2D eigenvalue weighted by Gasteiger charge is 2.31. The van der Waals surface area contributed by atoms with Crippen molar-refractivity contribution in [2.45, 2.75) is 63.1 Å². The summed E-state index contributed by atoms with van der Waals surface area (Å²) in [4.78, 5) is 48.7. The Kier molecular flexibility index (Phi) is 8.20. The van der Waals surface area contributed by atoms with E-state index in [2.05, 4.69) is 16.0 Å². The SMILES string of the molecule is O=C(/C=C/c1ccccc1)N[C@@H](COC(=O)[C@@H]1CCC(=O)N1)C(=O)NC1CCCCC1. The summed E-state index contributed by atoms with van der Waals surface area (Å²) in [5.74, 6) is -1.64. The highest BCUT2D eigenvalue weighted by atomic mass is 16.5. The Morgan fingerprint density at radius 2 is 1.84 bits per heavy atom. The molecule has 8 nitrogen and oxygen atoms in total. The van der Waals surface area contributed by atoms with Crippen LogP contribution in [-0.2, 0) is 23.9 Å². The molecule has 3 rings (SSSR count). The lowest BCUT2D eigenvalue weighted by Gasteiger charge is -2.26. The number of carbonyl (C=O) groups excluding carboxylic acids is 4. The predicted octanol–water partition coefficient (Wildman–Crippen LogP) is 1.46. The van der Waals surface area contributed by atoms with Gasteiger partial charge in [-0.05, 0) is 30.9 Å². The van der Waals surface area contributed by atoms with E-state index in [-0.39, 0.29) is 30.9 Å². The summed E-state index contributed by atoms with van der Waals surface area (Å²) in [6.45, 7) is -0.297. The van der Waals surface area contributed by atoms with Gasteiger partial charge in [0.1, 0.15) is 18.7 Å². The standard InChI is InChI=1S/C23H29N3O5/c27-20(13-11-16-7-3-1-4-8-16)26-19(22(29)24-17-9-5-2-6-10-17)15-31-23(30)18-12-14-21(28)25-18/h1,3-4,7-8,11,13,17-19H,2,5-6,9-10,12,14-15H2,(H,24,29)(H,25,28)(H,26,27)/b13-11+/t18-,19-/m0/s1. The number of ether oxygens (including phenoxy) is 1. The van der Waals surface area contributed by atoms with Crippen LogP contribution in [0, 0.1) is 0 Å². The molecular weight excluding hydrogens is 398 g/mol. The predicted molar refractivity (Wildman–Crippen MR) is 115 cm³/mol. The molecule has 0 unspecified atom stereocenters. The Balaban J connectivity index is 1.59. The number of hydrogen-bond acceptors (Lipinski definition) is 5. The van der Waals surface area contributed by atoms with Crippen LogP contribution in [0.25, 0.3) is 6.08 Å². The van der Waals surface area contributed by atoms with Crippen LogP contribution in [0.4, 0.5) is 0 Å². The van der Waals surface area contributed by atoms with Crippen LogP contribution in [0.3, 0.4) is 0 Å². The largest absolute Gasteiger partial charge is 0.461 e. The Morgan fingerprint density at radius 3 is 2.52 bits per heavy atom. The van der Waals surface area contributed by atoms with Gasteiger partial charge >= 0.3 is 5.97 Å². The van der Waals surface area contributed by atoms with Crippen molar-refractivity contribution in [3.63, 3.8) is 0 Å². The third-order valence-electron chi connectivity index (χ3n) is 5.48. The number of esters is 1. The molecule has 1 aliphatic carbocycles. The Labute approximate surface area is 181 Å². The molecule has 2 fully saturated rings. The van der Waals surface area contributed by atoms with Crippen LogP contribution in [0.2, 0.25) is 0 Å². The number of benzene rings is 1. The molecule has 8 heteroatoms. The second kappa shape index (κ2) is 11.3. The van der Waals surface area contributed by atoms with Gasteiger partial charge in [-0.3, -0.25) is 14.4 Å². The smallest absolute Gasteiger partial charge is 0.328 e. The van der Waals surface area contributed by atoms with E-state index >= 15 is 0 Å². The Hall–Kier alpha value is -3.16. The minimum atomic E-state index is -1.02. The molecule has 3 N–H and O–H groups in total. The van der Waals surface area contributed by atoms with Gasteiger partial charge in [0, 0.05) is 18.5 Å². The molecule has 3 amide bonds. The number of rotatable bonds is 8. The zero-order valence-corrected chi connectivity index (χ0v) is 17.5. The van der Waals surface area contributed by atoms with E-state index in [4.69, 9.17) is 4.74 Å². The maximum Gasteiger partial charge on any atom is 0.328 e. The first kappa shape index (κ1) is 22.5. The van der Waals surface area contributed by atoms with Crippen LogP contribution in [-0.4, -0.2) is 48.4 Å². The third-order valence-corrected chi connectivity index (χ3v) is 5.48. The van der Waals surface area contributed by atoms with E-state index in [1.165, 1.54) is 6.08 Å². The van der Waals surface area contributed by atoms with Gasteiger partial charge in [0.25, 0.3) is 0 Å². The van der Waals surface area contributed by atoms with Crippen LogP contribution in [0.1, 0.15) is 50.5 Å². The molecule has 31 heavy (non-hydrogen) atoms. The van der Waals surface area contributed by atoms with E-state index in [0.717, 1.165) is 37.7 Å². The van der Waals surface area contributed by atoms with Crippen molar-refractivity contribution >= 4 is 29.8 Å². The lowest BCUT2D eigenvalue weighted by molar-refractivity contribution is -0.148. The molecule has 1 aliphatic heterocycles. The Morgan fingerprint density at radius 1 is 1.10 bits per heavy atom. The molecule has 0 radical (unpaired) electrons. The van der Waals surface area contributed by atoms with Gasteiger partial charge in [0.15, 0.2) is 0 Å². The zero-order chi connectivity index (χ0) is 22.1. The molecule has 2 aliphatic rings. The first-order chi connectivity index (χ1) is 15.0. The normalized spacial score (nSPS) is 20.1. The van der Waals surface area contributed by atoms with E-state index in [1.54, 1.807) is 6.08 Å². The fraction of sp³-hybridized carbons (Fsp3) is 0.478. The van der Waals surface area contributed by atoms with Gasteiger partial charge in [-0.2, -0.15) is 0 Å². The third kappa shape index (κ3) is 7.24. The summed E-state index contributed by atoms with van der Waals surface area (Å²) in [5, 5.41) is 8.13.